The monoisotopic (exact) mass is 234 g/mol. The molecule has 0 bridgehead atoms. The van der Waals surface area contributed by atoms with Crippen molar-refractivity contribution in [2.24, 2.45) is 0 Å². The molecule has 16 heavy (non-hydrogen) atoms. The highest BCUT2D eigenvalue weighted by Crippen LogP contribution is 2.29. The molecular weight excluding hydrogens is 224 g/mol. The molecule has 0 spiro atoms. The van der Waals surface area contributed by atoms with E-state index < -0.39 is 18.4 Å². The highest BCUT2D eigenvalue weighted by Gasteiger charge is 2.30. The molecule has 0 radical (unpaired) electrons. The second-order valence-electron chi connectivity index (χ2n) is 3.16. The second kappa shape index (κ2) is 4.96. The van der Waals surface area contributed by atoms with Crippen molar-refractivity contribution in [1.82, 2.24) is 5.32 Å². The van der Waals surface area contributed by atoms with Gasteiger partial charge in [-0.3, -0.25) is 5.41 Å². The Bertz CT molecular complexity index is 373. The Morgan fingerprint density at radius 3 is 2.56 bits per heavy atom. The molecule has 0 amide bonds. The van der Waals surface area contributed by atoms with Gasteiger partial charge in [0.05, 0.1) is 5.56 Å². The van der Waals surface area contributed by atoms with E-state index in [9.17, 15) is 17.6 Å². The molecule has 0 aliphatic carbocycles. The molecule has 0 aliphatic rings. The summed E-state index contributed by atoms with van der Waals surface area (Å²) in [5.74, 6) is -0.350. The lowest BCUT2D eigenvalue weighted by atomic mass is 10.1. The summed E-state index contributed by atoms with van der Waals surface area (Å²) in [7, 11) is 0. The number of amidine groups is 1. The maximum Gasteiger partial charge on any atom is 0.416 e. The average Bonchev–Trinajstić information content (AvgIpc) is 2.25. The Hall–Kier alpha value is -1.59. The van der Waals surface area contributed by atoms with Crippen molar-refractivity contribution in [2.45, 2.75) is 12.7 Å². The van der Waals surface area contributed by atoms with Gasteiger partial charge in [-0.15, -0.1) is 0 Å². The SMILES string of the molecule is N=C(CF)NCc1cccc(C(F)(F)F)c1. The number of hydrogen-bond donors (Lipinski definition) is 2. The molecule has 0 atom stereocenters. The summed E-state index contributed by atoms with van der Waals surface area (Å²) in [6.07, 6.45) is -4.39. The van der Waals surface area contributed by atoms with E-state index in [0.717, 1.165) is 12.1 Å². The molecule has 6 heteroatoms. The summed E-state index contributed by atoms with van der Waals surface area (Å²) >= 11 is 0. The predicted octanol–water partition coefficient (Wildman–Crippen LogP) is 2.74. The van der Waals surface area contributed by atoms with Crippen LogP contribution in [0.2, 0.25) is 0 Å². The van der Waals surface area contributed by atoms with Gasteiger partial charge in [-0.1, -0.05) is 12.1 Å². The summed E-state index contributed by atoms with van der Waals surface area (Å²) in [6, 6.07) is 4.69. The maximum atomic E-state index is 12.3. The summed E-state index contributed by atoms with van der Waals surface area (Å²) in [6.45, 7) is -0.953. The molecule has 88 valence electrons. The van der Waals surface area contributed by atoms with Gasteiger partial charge in [0.2, 0.25) is 0 Å². The van der Waals surface area contributed by atoms with Gasteiger partial charge in [0.1, 0.15) is 12.5 Å². The lowest BCUT2D eigenvalue weighted by Gasteiger charge is -2.09. The first kappa shape index (κ1) is 12.5. The van der Waals surface area contributed by atoms with Gasteiger partial charge in [0.15, 0.2) is 0 Å². The second-order valence-corrected chi connectivity index (χ2v) is 3.16. The first-order valence-corrected chi connectivity index (χ1v) is 4.47. The van der Waals surface area contributed by atoms with Crippen molar-refractivity contribution in [3.8, 4) is 0 Å². The molecule has 0 saturated heterocycles. The van der Waals surface area contributed by atoms with Crippen LogP contribution < -0.4 is 5.32 Å². The van der Waals surface area contributed by atoms with E-state index in [0.29, 0.717) is 5.56 Å². The molecule has 0 aliphatic heterocycles. The molecule has 0 fully saturated rings. The van der Waals surface area contributed by atoms with E-state index in [1.165, 1.54) is 12.1 Å². The van der Waals surface area contributed by atoms with Crippen LogP contribution in [0.15, 0.2) is 24.3 Å². The van der Waals surface area contributed by atoms with Crippen LogP contribution in [0.4, 0.5) is 17.6 Å². The molecule has 0 aromatic heterocycles. The maximum absolute atomic E-state index is 12.3. The van der Waals surface area contributed by atoms with E-state index in [-0.39, 0.29) is 12.4 Å². The highest BCUT2D eigenvalue weighted by molar-refractivity contribution is 5.79. The number of alkyl halides is 4. The molecular formula is C10H10F4N2. The fourth-order valence-corrected chi connectivity index (χ4v) is 1.11. The zero-order valence-electron chi connectivity index (χ0n) is 8.24. The molecule has 2 nitrogen and oxygen atoms in total. The number of rotatable bonds is 3. The molecule has 1 rings (SSSR count). The van der Waals surface area contributed by atoms with Crippen LogP contribution in [0.1, 0.15) is 11.1 Å². The minimum atomic E-state index is -4.39. The minimum absolute atomic E-state index is 0.00662. The van der Waals surface area contributed by atoms with Crippen molar-refractivity contribution >= 4 is 5.84 Å². The largest absolute Gasteiger partial charge is 0.416 e. The van der Waals surface area contributed by atoms with E-state index in [1.54, 1.807) is 0 Å². The van der Waals surface area contributed by atoms with Crippen LogP contribution in [-0.2, 0) is 12.7 Å². The summed E-state index contributed by atoms with van der Waals surface area (Å²) in [5.41, 5.74) is -0.397. The first-order valence-electron chi connectivity index (χ1n) is 4.47. The molecule has 1 aromatic carbocycles. The topological polar surface area (TPSA) is 35.9 Å². The molecule has 1 aromatic rings. The Labute approximate surface area is 89.8 Å². The number of halogens is 4. The van der Waals surface area contributed by atoms with E-state index in [1.807, 2.05) is 0 Å². The number of hydrogen-bond acceptors (Lipinski definition) is 1. The van der Waals surface area contributed by atoms with Crippen LogP contribution >= 0.6 is 0 Å². The lowest BCUT2D eigenvalue weighted by Crippen LogP contribution is -2.23. The zero-order chi connectivity index (χ0) is 12.2. The standard InChI is InChI=1S/C10H10F4N2/c11-5-9(15)16-6-7-2-1-3-8(4-7)10(12,13)14/h1-4H,5-6H2,(H2,15,16). The summed E-state index contributed by atoms with van der Waals surface area (Å²) in [4.78, 5) is 0. The van der Waals surface area contributed by atoms with Gasteiger partial charge >= 0.3 is 6.18 Å². The van der Waals surface area contributed by atoms with Crippen LogP contribution in [0, 0.1) is 5.41 Å². The van der Waals surface area contributed by atoms with Crippen LogP contribution in [-0.4, -0.2) is 12.5 Å². The van der Waals surface area contributed by atoms with Crippen molar-refractivity contribution < 1.29 is 17.6 Å². The third kappa shape index (κ3) is 3.52. The van der Waals surface area contributed by atoms with Crippen LogP contribution in [0.5, 0.6) is 0 Å². The zero-order valence-corrected chi connectivity index (χ0v) is 8.24. The predicted molar refractivity (Wildman–Crippen MR) is 52.0 cm³/mol. The van der Waals surface area contributed by atoms with Gasteiger partial charge in [-0.25, -0.2) is 4.39 Å². The van der Waals surface area contributed by atoms with Gasteiger partial charge in [0.25, 0.3) is 0 Å². The van der Waals surface area contributed by atoms with Crippen molar-refractivity contribution in [1.29, 1.82) is 5.41 Å². The van der Waals surface area contributed by atoms with Gasteiger partial charge < -0.3 is 5.32 Å². The fourth-order valence-electron chi connectivity index (χ4n) is 1.11. The Kier molecular flexibility index (Phi) is 3.87. The quantitative estimate of drug-likeness (QED) is 0.471. The van der Waals surface area contributed by atoms with E-state index >= 15 is 0 Å². The lowest BCUT2D eigenvalue weighted by molar-refractivity contribution is -0.137. The number of benzene rings is 1. The van der Waals surface area contributed by atoms with E-state index in [4.69, 9.17) is 5.41 Å². The minimum Gasteiger partial charge on any atom is -0.368 e. The third-order valence-electron chi connectivity index (χ3n) is 1.89. The van der Waals surface area contributed by atoms with Crippen molar-refractivity contribution in [2.75, 3.05) is 6.67 Å². The molecule has 0 unspecified atom stereocenters. The molecule has 2 N–H and O–H groups in total. The Morgan fingerprint density at radius 1 is 1.31 bits per heavy atom. The smallest absolute Gasteiger partial charge is 0.368 e. The molecule has 0 heterocycles. The van der Waals surface area contributed by atoms with Crippen molar-refractivity contribution in [3.05, 3.63) is 35.4 Å². The highest BCUT2D eigenvalue weighted by atomic mass is 19.4. The van der Waals surface area contributed by atoms with Crippen LogP contribution in [0.25, 0.3) is 0 Å². The van der Waals surface area contributed by atoms with Crippen LogP contribution in [0.3, 0.4) is 0 Å². The van der Waals surface area contributed by atoms with Crippen molar-refractivity contribution in [3.63, 3.8) is 0 Å². The third-order valence-corrected chi connectivity index (χ3v) is 1.89. The van der Waals surface area contributed by atoms with Gasteiger partial charge in [0, 0.05) is 6.54 Å². The van der Waals surface area contributed by atoms with Gasteiger partial charge in [-0.2, -0.15) is 13.2 Å². The number of nitrogens with one attached hydrogen (secondary N) is 2. The average molecular weight is 234 g/mol. The molecule has 0 saturated carbocycles. The first-order chi connectivity index (χ1) is 7.43. The Balaban J connectivity index is 2.72. The Morgan fingerprint density at radius 2 is 2.00 bits per heavy atom. The summed E-state index contributed by atoms with van der Waals surface area (Å²) < 4.78 is 48.8. The van der Waals surface area contributed by atoms with Gasteiger partial charge in [-0.05, 0) is 17.7 Å². The fraction of sp³-hybridized carbons (Fsp3) is 0.300. The van der Waals surface area contributed by atoms with E-state index in [2.05, 4.69) is 5.32 Å². The summed E-state index contributed by atoms with van der Waals surface area (Å²) in [5, 5.41) is 9.32. The normalized spacial score (nSPS) is 11.2.